The molecule has 0 aromatic heterocycles. The highest BCUT2D eigenvalue weighted by Gasteiger charge is 2.04. The molecule has 5 nitrogen and oxygen atoms in total. The smallest absolute Gasteiger partial charge is 0.248 e. The van der Waals surface area contributed by atoms with Gasteiger partial charge in [0.1, 0.15) is 0 Å². The van der Waals surface area contributed by atoms with Crippen LogP contribution in [0.3, 0.4) is 0 Å². The molecular weight excluding hydrogens is 292 g/mol. The summed E-state index contributed by atoms with van der Waals surface area (Å²) in [4.78, 5) is 11.9. The molecule has 0 heterocycles. The van der Waals surface area contributed by atoms with Crippen LogP contribution in [-0.4, -0.2) is 19.6 Å². The van der Waals surface area contributed by atoms with E-state index in [0.717, 1.165) is 5.56 Å². The van der Waals surface area contributed by atoms with Gasteiger partial charge in [-0.2, -0.15) is 0 Å². The number of carbonyl (C=O) groups excluding carboxylic acids is 1. The third-order valence-corrected chi connectivity index (χ3v) is 3.07. The molecule has 0 bridgehead atoms. The maximum absolute atomic E-state index is 11.9. The van der Waals surface area contributed by atoms with E-state index in [1.54, 1.807) is 37.5 Å². The summed E-state index contributed by atoms with van der Waals surface area (Å²) in [5, 5.41) is 2.75. The number of hydrogen-bond donors (Lipinski definition) is 2. The lowest BCUT2D eigenvalue weighted by molar-refractivity contribution is -0.111. The van der Waals surface area contributed by atoms with Crippen LogP contribution in [0, 0.1) is 0 Å². The lowest BCUT2D eigenvalue weighted by Crippen LogP contribution is -2.07. The molecule has 2 aromatic carbocycles. The van der Waals surface area contributed by atoms with Gasteiger partial charge in [0.05, 0.1) is 13.7 Å². The van der Waals surface area contributed by atoms with Crippen molar-refractivity contribution in [1.29, 1.82) is 0 Å². The molecule has 5 heteroatoms. The average Bonchev–Trinajstić information content (AvgIpc) is 2.54. The number of nitrogens with one attached hydrogen (secondary N) is 1. The van der Waals surface area contributed by atoms with Gasteiger partial charge in [-0.1, -0.05) is 12.1 Å². The molecule has 0 fully saturated rings. The van der Waals surface area contributed by atoms with Gasteiger partial charge < -0.3 is 20.5 Å². The average molecular weight is 312 g/mol. The molecule has 0 atom stereocenters. The molecular formula is C18H20N2O3. The first kappa shape index (κ1) is 16.4. The zero-order chi connectivity index (χ0) is 16.7. The number of rotatable bonds is 6. The Bertz CT molecular complexity index is 711. The summed E-state index contributed by atoms with van der Waals surface area (Å²) in [6, 6.07) is 12.5. The van der Waals surface area contributed by atoms with E-state index in [0.29, 0.717) is 29.5 Å². The Labute approximate surface area is 135 Å². The fourth-order valence-electron chi connectivity index (χ4n) is 2.03. The quantitative estimate of drug-likeness (QED) is 0.634. The van der Waals surface area contributed by atoms with Crippen molar-refractivity contribution in [2.75, 3.05) is 24.8 Å². The fraction of sp³-hybridized carbons (Fsp3) is 0.167. The summed E-state index contributed by atoms with van der Waals surface area (Å²) in [6.45, 7) is 2.47. The Morgan fingerprint density at radius 3 is 2.74 bits per heavy atom. The fourth-order valence-corrected chi connectivity index (χ4v) is 2.03. The minimum atomic E-state index is -0.233. The van der Waals surface area contributed by atoms with Crippen molar-refractivity contribution in [3.8, 4) is 11.5 Å². The number of nitrogens with two attached hydrogens (primary N) is 1. The summed E-state index contributed by atoms with van der Waals surface area (Å²) < 4.78 is 10.7. The van der Waals surface area contributed by atoms with E-state index >= 15 is 0 Å². The number of anilines is 2. The number of hydrogen-bond acceptors (Lipinski definition) is 4. The van der Waals surface area contributed by atoms with E-state index in [4.69, 9.17) is 15.2 Å². The second-order valence-electron chi connectivity index (χ2n) is 4.79. The Hall–Kier alpha value is -2.95. The molecule has 0 unspecified atom stereocenters. The van der Waals surface area contributed by atoms with Crippen LogP contribution in [0.5, 0.6) is 11.5 Å². The molecule has 1 amide bonds. The SMILES string of the molecule is CCOc1ccc(/C=C/C(=O)Nc2cccc(N)c2)cc1OC. The third kappa shape index (κ3) is 4.78. The first-order valence-corrected chi connectivity index (χ1v) is 7.28. The minimum absolute atomic E-state index is 0.233. The molecule has 2 rings (SSSR count). The number of nitrogen functional groups attached to an aromatic ring is 1. The van der Waals surface area contributed by atoms with Gasteiger partial charge >= 0.3 is 0 Å². The first-order chi connectivity index (χ1) is 11.1. The predicted octanol–water partition coefficient (Wildman–Crippen LogP) is 3.33. The van der Waals surface area contributed by atoms with Crippen LogP contribution in [0.25, 0.3) is 6.08 Å². The predicted molar refractivity (Wildman–Crippen MR) is 92.7 cm³/mol. The van der Waals surface area contributed by atoms with E-state index in [9.17, 15) is 4.79 Å². The molecule has 3 N–H and O–H groups in total. The Balaban J connectivity index is 2.05. The summed E-state index contributed by atoms with van der Waals surface area (Å²) in [7, 11) is 1.58. The van der Waals surface area contributed by atoms with Gasteiger partial charge in [0, 0.05) is 17.5 Å². The van der Waals surface area contributed by atoms with Gasteiger partial charge in [-0.05, 0) is 48.9 Å². The minimum Gasteiger partial charge on any atom is -0.493 e. The van der Waals surface area contributed by atoms with Gasteiger partial charge in [0.15, 0.2) is 11.5 Å². The van der Waals surface area contributed by atoms with Gasteiger partial charge in [0.25, 0.3) is 0 Å². The van der Waals surface area contributed by atoms with Gasteiger partial charge in [-0.15, -0.1) is 0 Å². The van der Waals surface area contributed by atoms with Gasteiger partial charge in [-0.3, -0.25) is 4.79 Å². The van der Waals surface area contributed by atoms with Crippen LogP contribution in [-0.2, 0) is 4.79 Å². The number of ether oxygens (including phenoxy) is 2. The van der Waals surface area contributed by atoms with Crippen molar-refractivity contribution in [3.63, 3.8) is 0 Å². The van der Waals surface area contributed by atoms with Crippen LogP contribution in [0.15, 0.2) is 48.5 Å². The molecule has 0 saturated carbocycles. The summed E-state index contributed by atoms with van der Waals surface area (Å²) >= 11 is 0. The largest absolute Gasteiger partial charge is 0.493 e. The van der Waals surface area contributed by atoms with Crippen molar-refractivity contribution >= 4 is 23.4 Å². The Morgan fingerprint density at radius 1 is 1.22 bits per heavy atom. The van der Waals surface area contributed by atoms with Crippen molar-refractivity contribution in [1.82, 2.24) is 0 Å². The number of methoxy groups -OCH3 is 1. The molecule has 0 saturated heterocycles. The van der Waals surface area contributed by atoms with Crippen LogP contribution >= 0.6 is 0 Å². The molecule has 0 radical (unpaired) electrons. The van der Waals surface area contributed by atoms with Crippen molar-refractivity contribution < 1.29 is 14.3 Å². The van der Waals surface area contributed by atoms with E-state index in [1.165, 1.54) is 6.08 Å². The maximum atomic E-state index is 11.9. The van der Waals surface area contributed by atoms with E-state index < -0.39 is 0 Å². The topological polar surface area (TPSA) is 73.6 Å². The number of carbonyl (C=O) groups is 1. The molecule has 23 heavy (non-hydrogen) atoms. The van der Waals surface area contributed by atoms with E-state index in [1.807, 2.05) is 25.1 Å². The highest BCUT2D eigenvalue weighted by molar-refractivity contribution is 6.02. The maximum Gasteiger partial charge on any atom is 0.248 e. The third-order valence-electron chi connectivity index (χ3n) is 3.07. The highest BCUT2D eigenvalue weighted by Crippen LogP contribution is 2.28. The van der Waals surface area contributed by atoms with E-state index in [2.05, 4.69) is 5.32 Å². The summed E-state index contributed by atoms with van der Waals surface area (Å²) in [5.74, 6) is 1.07. The Kier molecular flexibility index (Phi) is 5.63. The molecule has 0 aliphatic rings. The van der Waals surface area contributed by atoms with Gasteiger partial charge in [0.2, 0.25) is 5.91 Å². The first-order valence-electron chi connectivity index (χ1n) is 7.28. The standard InChI is InChI=1S/C18H20N2O3/c1-3-23-16-9-7-13(11-17(16)22-2)8-10-18(21)20-15-6-4-5-14(19)12-15/h4-12H,3,19H2,1-2H3,(H,20,21)/b10-8+. The lowest BCUT2D eigenvalue weighted by Gasteiger charge is -2.09. The van der Waals surface area contributed by atoms with Crippen molar-refractivity contribution in [3.05, 3.63) is 54.1 Å². The molecule has 120 valence electrons. The molecule has 0 aliphatic heterocycles. The van der Waals surface area contributed by atoms with Crippen LogP contribution in [0.2, 0.25) is 0 Å². The zero-order valence-electron chi connectivity index (χ0n) is 13.2. The monoisotopic (exact) mass is 312 g/mol. The second-order valence-corrected chi connectivity index (χ2v) is 4.79. The Morgan fingerprint density at radius 2 is 2.04 bits per heavy atom. The number of amides is 1. The highest BCUT2D eigenvalue weighted by atomic mass is 16.5. The van der Waals surface area contributed by atoms with Crippen LogP contribution in [0.4, 0.5) is 11.4 Å². The van der Waals surface area contributed by atoms with E-state index in [-0.39, 0.29) is 5.91 Å². The van der Waals surface area contributed by atoms with Gasteiger partial charge in [-0.25, -0.2) is 0 Å². The molecule has 0 spiro atoms. The number of benzene rings is 2. The normalized spacial score (nSPS) is 10.5. The lowest BCUT2D eigenvalue weighted by atomic mass is 10.2. The van der Waals surface area contributed by atoms with Crippen LogP contribution in [0.1, 0.15) is 12.5 Å². The summed E-state index contributed by atoms with van der Waals surface area (Å²) in [5.41, 5.74) is 7.77. The van der Waals surface area contributed by atoms with Crippen molar-refractivity contribution in [2.45, 2.75) is 6.92 Å². The van der Waals surface area contributed by atoms with Crippen LogP contribution < -0.4 is 20.5 Å². The van der Waals surface area contributed by atoms with Crippen molar-refractivity contribution in [2.24, 2.45) is 0 Å². The summed E-state index contributed by atoms with van der Waals surface area (Å²) in [6.07, 6.45) is 3.16. The molecule has 2 aromatic rings. The zero-order valence-corrected chi connectivity index (χ0v) is 13.2. The second kappa shape index (κ2) is 7.89. The molecule has 0 aliphatic carbocycles.